The Labute approximate surface area is 256 Å². The van der Waals surface area contributed by atoms with E-state index in [9.17, 15) is 49.5 Å². The first-order valence-corrected chi connectivity index (χ1v) is 13.6. The van der Waals surface area contributed by atoms with Crippen LogP contribution < -0.4 is 5.32 Å². The molecule has 0 bridgehead atoms. The van der Waals surface area contributed by atoms with E-state index in [2.05, 4.69) is 5.32 Å². The number of hydrogen-bond acceptors (Lipinski definition) is 11. The van der Waals surface area contributed by atoms with Gasteiger partial charge in [-0.15, -0.1) is 0 Å². The molecular weight excluding hydrogens is 592 g/mol. The van der Waals surface area contributed by atoms with Gasteiger partial charge in [-0.1, -0.05) is 6.07 Å². The summed E-state index contributed by atoms with van der Waals surface area (Å²) < 4.78 is 10.8. The second-order valence-corrected chi connectivity index (χ2v) is 10.6. The van der Waals surface area contributed by atoms with Crippen LogP contribution in [0.2, 0.25) is 0 Å². The Hall–Kier alpha value is -5.79. The summed E-state index contributed by atoms with van der Waals surface area (Å²) in [4.78, 5) is 65.2. The number of ketones is 1. The summed E-state index contributed by atoms with van der Waals surface area (Å²) in [5, 5.41) is 53.2. The zero-order valence-corrected chi connectivity index (χ0v) is 24.3. The van der Waals surface area contributed by atoms with Crippen molar-refractivity contribution in [1.82, 2.24) is 10.2 Å². The molecule has 3 aromatic rings. The molecule has 6 N–H and O–H groups in total. The van der Waals surface area contributed by atoms with Crippen molar-refractivity contribution < 1.29 is 59.0 Å². The zero-order valence-electron chi connectivity index (χ0n) is 24.3. The molecule has 1 aliphatic heterocycles. The summed E-state index contributed by atoms with van der Waals surface area (Å²) in [7, 11) is 0. The Morgan fingerprint density at radius 3 is 2.09 bits per heavy atom. The van der Waals surface area contributed by atoms with Crippen LogP contribution in [0.4, 0.5) is 4.79 Å². The number of ether oxygens (including phenoxy) is 2. The van der Waals surface area contributed by atoms with E-state index >= 15 is 0 Å². The number of carbonyl (C=O) groups is 5. The fraction of sp³-hybridized carbons (Fsp3) is 0.258. The molecule has 236 valence electrons. The lowest BCUT2D eigenvalue weighted by molar-refractivity contribution is 0.0252. The third kappa shape index (κ3) is 6.30. The Morgan fingerprint density at radius 2 is 1.51 bits per heavy atom. The second-order valence-electron chi connectivity index (χ2n) is 10.6. The maximum absolute atomic E-state index is 13.3. The van der Waals surface area contributed by atoms with Crippen LogP contribution in [-0.4, -0.2) is 91.0 Å². The molecular formula is C31H30N2O12. The number of benzene rings is 3. The molecule has 14 nitrogen and oxygen atoms in total. The first kappa shape index (κ1) is 32.1. The molecule has 0 aliphatic carbocycles. The maximum atomic E-state index is 13.3. The van der Waals surface area contributed by atoms with Crippen LogP contribution in [0.25, 0.3) is 0 Å². The molecule has 2 atom stereocenters. The molecule has 0 radical (unpaired) electrons. The molecule has 2 unspecified atom stereocenters. The molecule has 0 saturated carbocycles. The van der Waals surface area contributed by atoms with E-state index in [4.69, 9.17) is 9.47 Å². The Balaban J connectivity index is 1.64. The highest BCUT2D eigenvalue weighted by atomic mass is 16.6. The molecule has 0 aromatic heterocycles. The van der Waals surface area contributed by atoms with Crippen molar-refractivity contribution in [2.24, 2.45) is 0 Å². The maximum Gasteiger partial charge on any atom is 0.410 e. The highest BCUT2D eigenvalue weighted by Crippen LogP contribution is 2.36. The molecule has 4 rings (SSSR count). The van der Waals surface area contributed by atoms with E-state index in [0.29, 0.717) is 0 Å². The standard InChI is InChI=1S/C31H30N2O12/c1-4-44-30(43)33-14-22(26(31(33,2)3)32-27(39)15-8-10-17(34)11-9-15)45-29(42)16-12-20(36)24(21(37)13-16)25(38)23-18(28(40)41)6-5-7-19(23)35/h5-13,22,26,34-37H,4,14H2,1-3H3,(H,32,39)(H,40,41). The van der Waals surface area contributed by atoms with Crippen molar-refractivity contribution in [2.75, 3.05) is 13.2 Å². The van der Waals surface area contributed by atoms with Crippen LogP contribution in [-0.2, 0) is 9.47 Å². The van der Waals surface area contributed by atoms with Crippen LogP contribution >= 0.6 is 0 Å². The van der Waals surface area contributed by atoms with Crippen LogP contribution in [0, 0.1) is 0 Å². The van der Waals surface area contributed by atoms with Crippen molar-refractivity contribution in [2.45, 2.75) is 38.5 Å². The minimum atomic E-state index is -1.54. The summed E-state index contributed by atoms with van der Waals surface area (Å²) in [6, 6.07) is 9.30. The highest BCUT2D eigenvalue weighted by molar-refractivity contribution is 6.18. The number of likely N-dealkylation sites (tertiary alicyclic amines) is 1. The van der Waals surface area contributed by atoms with Crippen LogP contribution in [0.3, 0.4) is 0 Å². The summed E-state index contributed by atoms with van der Waals surface area (Å²) in [6.07, 6.45) is -1.89. The van der Waals surface area contributed by atoms with Gasteiger partial charge in [-0.3, -0.25) is 14.5 Å². The lowest BCUT2D eigenvalue weighted by Gasteiger charge is -2.35. The number of esters is 1. The zero-order chi connectivity index (χ0) is 33.2. The quantitative estimate of drug-likeness (QED) is 0.158. The van der Waals surface area contributed by atoms with Gasteiger partial charge in [-0.05, 0) is 69.3 Å². The lowest BCUT2D eigenvalue weighted by Crippen LogP contribution is -2.56. The largest absolute Gasteiger partial charge is 0.508 e. The summed E-state index contributed by atoms with van der Waals surface area (Å²) in [6.45, 7) is 4.71. The molecule has 1 heterocycles. The lowest BCUT2D eigenvalue weighted by atomic mass is 9.93. The Bertz CT molecular complexity index is 1660. The molecule has 3 aromatic carbocycles. The van der Waals surface area contributed by atoms with Crippen LogP contribution in [0.5, 0.6) is 23.0 Å². The summed E-state index contributed by atoms with van der Waals surface area (Å²) in [5.41, 5.74) is -3.44. The van der Waals surface area contributed by atoms with Gasteiger partial charge in [0, 0.05) is 5.56 Å². The number of carbonyl (C=O) groups excluding carboxylic acids is 4. The Kier molecular flexibility index (Phi) is 8.88. The molecule has 1 aliphatic rings. The molecule has 45 heavy (non-hydrogen) atoms. The van der Waals surface area contributed by atoms with Gasteiger partial charge in [-0.25, -0.2) is 14.4 Å². The number of carboxylic acid groups (broad SMARTS) is 1. The molecule has 0 spiro atoms. The summed E-state index contributed by atoms with van der Waals surface area (Å²) in [5.74, 6) is -7.07. The van der Waals surface area contributed by atoms with Crippen molar-refractivity contribution in [3.8, 4) is 23.0 Å². The number of rotatable bonds is 8. The number of hydrogen-bond donors (Lipinski definition) is 6. The van der Waals surface area contributed by atoms with Gasteiger partial charge in [0.05, 0.1) is 41.4 Å². The highest BCUT2D eigenvalue weighted by Gasteiger charge is 2.53. The third-order valence-corrected chi connectivity index (χ3v) is 7.41. The molecule has 2 amide bonds. The summed E-state index contributed by atoms with van der Waals surface area (Å²) >= 11 is 0. The van der Waals surface area contributed by atoms with E-state index in [0.717, 1.165) is 24.3 Å². The van der Waals surface area contributed by atoms with Crippen molar-refractivity contribution >= 4 is 29.7 Å². The normalized spacial score (nSPS) is 16.9. The topological polar surface area (TPSA) is 220 Å². The number of aromatic hydroxyl groups is 4. The third-order valence-electron chi connectivity index (χ3n) is 7.41. The molecule has 1 saturated heterocycles. The van der Waals surface area contributed by atoms with Gasteiger partial charge < -0.3 is 40.3 Å². The average molecular weight is 623 g/mol. The number of phenolic OH excluding ortho intramolecular Hbond substituents is 4. The number of carboxylic acids is 1. The minimum Gasteiger partial charge on any atom is -0.508 e. The number of nitrogens with zero attached hydrogens (tertiary/aromatic N) is 1. The number of aromatic carboxylic acids is 1. The van der Waals surface area contributed by atoms with Crippen LogP contribution in [0.1, 0.15) is 67.8 Å². The van der Waals surface area contributed by atoms with E-state index in [1.807, 2.05) is 0 Å². The smallest absolute Gasteiger partial charge is 0.410 e. The molecule has 14 heteroatoms. The number of phenols is 4. The van der Waals surface area contributed by atoms with Gasteiger partial charge >= 0.3 is 18.0 Å². The van der Waals surface area contributed by atoms with E-state index in [-0.39, 0.29) is 24.5 Å². The fourth-order valence-electron chi connectivity index (χ4n) is 5.12. The predicted molar refractivity (Wildman–Crippen MR) is 155 cm³/mol. The first-order valence-electron chi connectivity index (χ1n) is 13.6. The van der Waals surface area contributed by atoms with Gasteiger partial charge in [0.15, 0.2) is 0 Å². The first-order chi connectivity index (χ1) is 21.2. The SMILES string of the molecule is CCOC(=O)N1CC(OC(=O)c2cc(O)c(C(=O)c3c(O)cccc3C(=O)O)c(O)c2)C(NC(=O)c2ccc(O)cc2)C1(C)C. The van der Waals surface area contributed by atoms with Gasteiger partial charge in [0.25, 0.3) is 5.91 Å². The van der Waals surface area contributed by atoms with Crippen molar-refractivity contribution in [1.29, 1.82) is 0 Å². The van der Waals surface area contributed by atoms with Crippen LogP contribution in [0.15, 0.2) is 54.6 Å². The number of amides is 2. The van der Waals surface area contributed by atoms with E-state index in [1.165, 1.54) is 35.2 Å². The van der Waals surface area contributed by atoms with Crippen molar-refractivity contribution in [3.63, 3.8) is 0 Å². The fourth-order valence-corrected chi connectivity index (χ4v) is 5.12. The van der Waals surface area contributed by atoms with Gasteiger partial charge in [0.1, 0.15) is 34.7 Å². The van der Waals surface area contributed by atoms with Gasteiger partial charge in [0.2, 0.25) is 5.78 Å². The average Bonchev–Trinajstić information content (AvgIpc) is 3.21. The Morgan fingerprint density at radius 1 is 0.889 bits per heavy atom. The monoisotopic (exact) mass is 622 g/mol. The van der Waals surface area contributed by atoms with E-state index in [1.54, 1.807) is 20.8 Å². The van der Waals surface area contributed by atoms with E-state index < -0.39 is 86.9 Å². The van der Waals surface area contributed by atoms with Crippen molar-refractivity contribution in [3.05, 3.63) is 82.4 Å². The predicted octanol–water partition coefficient (Wildman–Crippen LogP) is 3.01. The minimum absolute atomic E-state index is 0.0543. The molecule has 1 fully saturated rings. The van der Waals surface area contributed by atoms with Gasteiger partial charge in [-0.2, -0.15) is 0 Å². The second kappa shape index (κ2) is 12.4. The number of nitrogens with one attached hydrogen (secondary N) is 1.